The Balaban J connectivity index is 3.14. The third-order valence-corrected chi connectivity index (χ3v) is 1.17. The van der Waals surface area contributed by atoms with E-state index >= 15 is 0 Å². The minimum Gasteiger partial charge on any atom is -0.139 e. The second-order valence-electron chi connectivity index (χ2n) is 3.18. The van der Waals surface area contributed by atoms with Gasteiger partial charge in [-0.05, 0) is 11.3 Å². The van der Waals surface area contributed by atoms with Crippen molar-refractivity contribution in [1.82, 2.24) is 15.4 Å². The molecule has 0 atom stereocenters. The monoisotopic (exact) mass is 138 g/mol. The Morgan fingerprint density at radius 1 is 1.50 bits per heavy atom. The summed E-state index contributed by atoms with van der Waals surface area (Å²) in [5, 5.41) is 10.8. The van der Waals surface area contributed by atoms with Crippen LogP contribution in [0.2, 0.25) is 0 Å². The first kappa shape index (κ1) is 5.77. The van der Waals surface area contributed by atoms with E-state index in [2.05, 4.69) is 15.4 Å². The van der Waals surface area contributed by atoms with E-state index in [1.54, 1.807) is 0 Å². The molecule has 0 amide bonds. The fourth-order valence-electron chi connectivity index (χ4n) is 0.582. The quantitative estimate of drug-likeness (QED) is 0.540. The molecule has 0 saturated heterocycles. The maximum absolute atomic E-state index is 7.46. The second kappa shape index (κ2) is 2.33. The van der Waals surface area contributed by atoms with Gasteiger partial charge in [-0.2, -0.15) is 0 Å². The zero-order chi connectivity index (χ0) is 8.48. The summed E-state index contributed by atoms with van der Waals surface area (Å²) in [5.74, 6) is 0. The van der Waals surface area contributed by atoms with Gasteiger partial charge >= 0.3 is 0 Å². The van der Waals surface area contributed by atoms with Crippen molar-refractivity contribution < 1.29 is 1.37 Å². The number of hydrogen-bond acceptors (Lipinski definition) is 3. The molecule has 0 aromatic carbocycles. The molecule has 0 aliphatic carbocycles. The van der Waals surface area contributed by atoms with Gasteiger partial charge in [0, 0.05) is 5.41 Å². The van der Waals surface area contributed by atoms with Gasteiger partial charge in [0.05, 0.1) is 13.3 Å². The zero-order valence-electron chi connectivity index (χ0n) is 7.42. The molecule has 1 aromatic rings. The average molecular weight is 138 g/mol. The van der Waals surface area contributed by atoms with E-state index in [1.807, 2.05) is 20.8 Å². The van der Waals surface area contributed by atoms with Gasteiger partial charge in [-0.3, -0.25) is 0 Å². The highest BCUT2D eigenvalue weighted by molar-refractivity contribution is 5.07. The Hall–Kier alpha value is -0.990. The molecule has 0 aliphatic heterocycles. The molecule has 3 nitrogen and oxygen atoms in total. The lowest BCUT2D eigenvalue weighted by atomic mass is 9.92. The van der Waals surface area contributed by atoms with Crippen LogP contribution in [0.15, 0.2) is 12.2 Å². The van der Waals surface area contributed by atoms with E-state index in [9.17, 15) is 0 Å². The Kier molecular flexibility index (Phi) is 1.34. The lowest BCUT2D eigenvalue weighted by molar-refractivity contribution is 0.550. The van der Waals surface area contributed by atoms with Crippen LogP contribution < -0.4 is 0 Å². The van der Waals surface area contributed by atoms with Crippen LogP contribution in [0, 0.1) is 0 Å². The van der Waals surface area contributed by atoms with Crippen LogP contribution in [0.3, 0.4) is 0 Å². The normalized spacial score (nSPS) is 12.9. The molecule has 0 spiro atoms. The first-order valence-electron chi connectivity index (χ1n) is 3.67. The summed E-state index contributed by atoms with van der Waals surface area (Å²) in [5.41, 5.74) is 0.569. The van der Waals surface area contributed by atoms with Crippen LogP contribution in [-0.4, -0.2) is 15.4 Å². The lowest BCUT2D eigenvalue weighted by Crippen LogP contribution is -2.14. The molecule has 0 saturated carbocycles. The Bertz CT molecular complexity index is 254. The summed E-state index contributed by atoms with van der Waals surface area (Å²) < 4.78 is 7.46. The van der Waals surface area contributed by atoms with Gasteiger partial charge in [-0.1, -0.05) is 20.8 Å². The van der Waals surface area contributed by atoms with Gasteiger partial charge < -0.3 is 0 Å². The summed E-state index contributed by atoms with van der Waals surface area (Å²) >= 11 is 0. The van der Waals surface area contributed by atoms with E-state index in [1.165, 1.54) is 6.20 Å². The van der Waals surface area contributed by atoms with Crippen molar-refractivity contribution in [1.29, 1.82) is 0 Å². The summed E-state index contributed by atoms with van der Waals surface area (Å²) in [4.78, 5) is 0. The molecule has 10 heavy (non-hydrogen) atoms. The second-order valence-corrected chi connectivity index (χ2v) is 3.18. The molecule has 0 fully saturated rings. The highest BCUT2D eigenvalue weighted by atomic mass is 15.3. The van der Waals surface area contributed by atoms with Crippen LogP contribution in [0.5, 0.6) is 0 Å². The first-order chi connectivity index (χ1) is 5.02. The Morgan fingerprint density at radius 3 is 2.60 bits per heavy atom. The van der Waals surface area contributed by atoms with Crippen molar-refractivity contribution in [2.75, 3.05) is 0 Å². The molecular formula is C7H11N3. The topological polar surface area (TPSA) is 38.7 Å². The summed E-state index contributed by atoms with van der Waals surface area (Å²) in [7, 11) is 0. The third-order valence-electron chi connectivity index (χ3n) is 1.17. The van der Waals surface area contributed by atoms with Gasteiger partial charge in [0.15, 0.2) is 0 Å². The molecule has 3 heteroatoms. The van der Waals surface area contributed by atoms with Crippen LogP contribution in [0.1, 0.15) is 27.8 Å². The lowest BCUT2D eigenvalue weighted by Gasteiger charge is -2.14. The van der Waals surface area contributed by atoms with E-state index < -0.39 is 0 Å². The average Bonchev–Trinajstić information content (AvgIpc) is 1.86. The largest absolute Gasteiger partial charge is 0.139 e. The smallest absolute Gasteiger partial charge is 0.0718 e. The van der Waals surface area contributed by atoms with Crippen molar-refractivity contribution in [3.63, 3.8) is 0 Å². The maximum atomic E-state index is 7.46. The molecule has 0 bridgehead atoms. The highest BCUT2D eigenvalue weighted by Crippen LogP contribution is 2.17. The minimum absolute atomic E-state index is 0.118. The van der Waals surface area contributed by atoms with Crippen molar-refractivity contribution in [3.8, 4) is 0 Å². The summed E-state index contributed by atoms with van der Waals surface area (Å²) in [6.07, 6.45) is 1.41. The standard InChI is InChI=1S/C7H11N3/c1-7(2,3)6-4-5-8-10-9-6/h4-5H,1-3H3/i4D. The van der Waals surface area contributed by atoms with E-state index in [0.29, 0.717) is 11.7 Å². The van der Waals surface area contributed by atoms with Crippen LogP contribution in [0.25, 0.3) is 0 Å². The van der Waals surface area contributed by atoms with Gasteiger partial charge in [-0.25, -0.2) is 0 Å². The van der Waals surface area contributed by atoms with E-state index in [4.69, 9.17) is 1.37 Å². The van der Waals surface area contributed by atoms with Crippen molar-refractivity contribution in [3.05, 3.63) is 17.9 Å². The van der Waals surface area contributed by atoms with Gasteiger partial charge in [0.1, 0.15) is 0 Å². The first-order valence-corrected chi connectivity index (χ1v) is 3.17. The predicted molar refractivity (Wildman–Crippen MR) is 38.5 cm³/mol. The van der Waals surface area contributed by atoms with Crippen molar-refractivity contribution >= 4 is 0 Å². The number of nitrogens with zero attached hydrogens (tertiary/aromatic N) is 3. The van der Waals surface area contributed by atoms with Crippen LogP contribution in [0.4, 0.5) is 0 Å². The van der Waals surface area contributed by atoms with E-state index in [-0.39, 0.29) is 5.41 Å². The maximum Gasteiger partial charge on any atom is 0.0718 e. The molecule has 0 radical (unpaired) electrons. The molecule has 1 heterocycles. The summed E-state index contributed by atoms with van der Waals surface area (Å²) in [6, 6.07) is 0.354. The molecule has 0 unspecified atom stereocenters. The third kappa shape index (κ3) is 1.50. The Morgan fingerprint density at radius 2 is 2.20 bits per heavy atom. The van der Waals surface area contributed by atoms with Gasteiger partial charge in [0.25, 0.3) is 0 Å². The minimum atomic E-state index is -0.118. The van der Waals surface area contributed by atoms with Gasteiger partial charge in [-0.15, -0.1) is 10.2 Å². The predicted octanol–water partition coefficient (Wildman–Crippen LogP) is 1.17. The number of aromatic nitrogens is 3. The van der Waals surface area contributed by atoms with Gasteiger partial charge in [0.2, 0.25) is 0 Å². The molecular weight excluding hydrogens is 126 g/mol. The molecule has 1 aromatic heterocycles. The highest BCUT2D eigenvalue weighted by Gasteiger charge is 2.14. The molecule has 0 aliphatic rings. The zero-order valence-corrected chi connectivity index (χ0v) is 6.42. The Labute approximate surface area is 61.9 Å². The van der Waals surface area contributed by atoms with E-state index in [0.717, 1.165) is 0 Å². The fraction of sp³-hybridized carbons (Fsp3) is 0.571. The number of hydrogen-bond donors (Lipinski definition) is 0. The SMILES string of the molecule is [2H]c1cnnnc1C(C)(C)C. The summed E-state index contributed by atoms with van der Waals surface area (Å²) in [6.45, 7) is 5.99. The molecule has 0 N–H and O–H groups in total. The van der Waals surface area contributed by atoms with Crippen molar-refractivity contribution in [2.24, 2.45) is 0 Å². The molecule has 1 rings (SSSR count). The number of rotatable bonds is 0. The van der Waals surface area contributed by atoms with Crippen LogP contribution in [-0.2, 0) is 5.41 Å². The fourth-order valence-corrected chi connectivity index (χ4v) is 0.582. The van der Waals surface area contributed by atoms with Crippen molar-refractivity contribution in [2.45, 2.75) is 26.2 Å². The van der Waals surface area contributed by atoms with Crippen LogP contribution >= 0.6 is 0 Å². The molecule has 54 valence electrons.